The van der Waals surface area contributed by atoms with Gasteiger partial charge in [-0.25, -0.2) is 0 Å². The molecule has 2 aromatic rings. The standard InChI is InChI=1S/C18H25N3O6/c1-5-26-8-6-7-19-17(22)18-21-20-15(27-18)11-12-9-13(23-2)16(25-4)14(10-12)24-3/h9-10H,5-8,11H2,1-4H3,(H,19,22). The average Bonchev–Trinajstić information content (AvgIpc) is 3.15. The molecule has 0 atom stereocenters. The molecule has 1 heterocycles. The Morgan fingerprint density at radius 3 is 2.41 bits per heavy atom. The number of hydrogen-bond acceptors (Lipinski definition) is 8. The molecule has 0 aliphatic heterocycles. The zero-order chi connectivity index (χ0) is 19.6. The fourth-order valence-corrected chi connectivity index (χ4v) is 2.42. The van der Waals surface area contributed by atoms with Crippen LogP contribution in [0.2, 0.25) is 0 Å². The lowest BCUT2D eigenvalue weighted by Gasteiger charge is -2.13. The maximum absolute atomic E-state index is 12.0. The van der Waals surface area contributed by atoms with Crippen molar-refractivity contribution in [1.29, 1.82) is 0 Å². The van der Waals surface area contributed by atoms with Crippen LogP contribution in [-0.4, -0.2) is 57.2 Å². The van der Waals surface area contributed by atoms with Crippen molar-refractivity contribution < 1.29 is 28.2 Å². The third-order valence-corrected chi connectivity index (χ3v) is 3.70. The van der Waals surface area contributed by atoms with Crippen molar-refractivity contribution in [2.75, 3.05) is 41.1 Å². The van der Waals surface area contributed by atoms with Crippen LogP contribution < -0.4 is 19.5 Å². The van der Waals surface area contributed by atoms with Crippen molar-refractivity contribution in [2.45, 2.75) is 19.8 Å². The highest BCUT2D eigenvalue weighted by atomic mass is 16.5. The summed E-state index contributed by atoms with van der Waals surface area (Å²) in [6, 6.07) is 3.58. The Labute approximate surface area is 158 Å². The van der Waals surface area contributed by atoms with Crippen LogP contribution in [0.1, 0.15) is 35.5 Å². The summed E-state index contributed by atoms with van der Waals surface area (Å²) in [6.45, 7) is 3.64. The summed E-state index contributed by atoms with van der Waals surface area (Å²) in [7, 11) is 4.63. The molecule has 0 saturated carbocycles. The van der Waals surface area contributed by atoms with Crippen LogP contribution in [-0.2, 0) is 11.2 Å². The van der Waals surface area contributed by atoms with Gasteiger partial charge >= 0.3 is 11.8 Å². The summed E-state index contributed by atoms with van der Waals surface area (Å²) in [5.74, 6) is 1.38. The molecule has 148 valence electrons. The van der Waals surface area contributed by atoms with E-state index in [2.05, 4.69) is 15.5 Å². The topological polar surface area (TPSA) is 105 Å². The highest BCUT2D eigenvalue weighted by Crippen LogP contribution is 2.38. The fourth-order valence-electron chi connectivity index (χ4n) is 2.42. The normalized spacial score (nSPS) is 10.5. The van der Waals surface area contributed by atoms with Crippen LogP contribution in [0.3, 0.4) is 0 Å². The smallest absolute Gasteiger partial charge is 0.308 e. The molecular formula is C18H25N3O6. The summed E-state index contributed by atoms with van der Waals surface area (Å²) in [5, 5.41) is 10.4. The van der Waals surface area contributed by atoms with E-state index in [0.717, 1.165) is 5.56 Å². The van der Waals surface area contributed by atoms with Crippen molar-refractivity contribution in [3.63, 3.8) is 0 Å². The molecule has 0 saturated heterocycles. The minimum Gasteiger partial charge on any atom is -0.493 e. The van der Waals surface area contributed by atoms with Crippen LogP contribution in [0.15, 0.2) is 16.5 Å². The van der Waals surface area contributed by atoms with E-state index in [1.54, 1.807) is 26.4 Å². The Kier molecular flexibility index (Phi) is 7.87. The number of carbonyl (C=O) groups is 1. The second kappa shape index (κ2) is 10.4. The molecule has 1 aromatic carbocycles. The molecule has 0 radical (unpaired) electrons. The lowest BCUT2D eigenvalue weighted by molar-refractivity contribution is 0.0908. The number of nitrogens with zero attached hydrogens (tertiary/aromatic N) is 2. The highest BCUT2D eigenvalue weighted by molar-refractivity contribution is 5.89. The molecular weight excluding hydrogens is 354 g/mol. The van der Waals surface area contributed by atoms with Gasteiger partial charge in [-0.05, 0) is 31.0 Å². The van der Waals surface area contributed by atoms with Crippen LogP contribution in [0.5, 0.6) is 17.2 Å². The van der Waals surface area contributed by atoms with E-state index in [1.165, 1.54) is 7.11 Å². The molecule has 0 unspecified atom stereocenters. The van der Waals surface area contributed by atoms with Crippen molar-refractivity contribution in [1.82, 2.24) is 15.5 Å². The van der Waals surface area contributed by atoms with E-state index < -0.39 is 5.91 Å². The summed E-state index contributed by atoms with van der Waals surface area (Å²) in [4.78, 5) is 12.0. The van der Waals surface area contributed by atoms with E-state index in [9.17, 15) is 4.79 Å². The highest BCUT2D eigenvalue weighted by Gasteiger charge is 2.17. The Hall–Kier alpha value is -2.81. The van der Waals surface area contributed by atoms with E-state index in [4.69, 9.17) is 23.4 Å². The number of aromatic nitrogens is 2. The fraction of sp³-hybridized carbons (Fsp3) is 0.500. The Morgan fingerprint density at radius 2 is 1.81 bits per heavy atom. The van der Waals surface area contributed by atoms with Crippen LogP contribution in [0.25, 0.3) is 0 Å². The molecule has 9 heteroatoms. The summed E-state index contributed by atoms with van der Waals surface area (Å²) in [5.41, 5.74) is 0.817. The second-order valence-electron chi connectivity index (χ2n) is 5.52. The molecule has 1 N–H and O–H groups in total. The lowest BCUT2D eigenvalue weighted by atomic mass is 10.1. The van der Waals surface area contributed by atoms with Gasteiger partial charge in [0, 0.05) is 19.8 Å². The summed E-state index contributed by atoms with van der Waals surface area (Å²) >= 11 is 0. The van der Waals surface area contributed by atoms with Crippen LogP contribution in [0, 0.1) is 0 Å². The van der Waals surface area contributed by atoms with E-state index in [-0.39, 0.29) is 5.89 Å². The van der Waals surface area contributed by atoms with Gasteiger partial charge in [0.2, 0.25) is 11.6 Å². The minimum atomic E-state index is -0.407. The zero-order valence-electron chi connectivity index (χ0n) is 16.0. The third-order valence-electron chi connectivity index (χ3n) is 3.70. The van der Waals surface area contributed by atoms with Crippen molar-refractivity contribution >= 4 is 5.91 Å². The number of benzene rings is 1. The quantitative estimate of drug-likeness (QED) is 0.590. The molecule has 1 aromatic heterocycles. The number of amides is 1. The number of methoxy groups -OCH3 is 3. The average molecular weight is 379 g/mol. The van der Waals surface area contributed by atoms with Gasteiger partial charge < -0.3 is 28.7 Å². The molecule has 0 fully saturated rings. The first-order valence-electron chi connectivity index (χ1n) is 8.60. The number of carbonyl (C=O) groups excluding carboxylic acids is 1. The van der Waals surface area contributed by atoms with E-state index >= 15 is 0 Å². The minimum absolute atomic E-state index is 0.0751. The third kappa shape index (κ3) is 5.58. The van der Waals surface area contributed by atoms with Crippen molar-refractivity contribution in [3.05, 3.63) is 29.5 Å². The predicted molar refractivity (Wildman–Crippen MR) is 96.6 cm³/mol. The maximum Gasteiger partial charge on any atom is 0.308 e. The SMILES string of the molecule is CCOCCCNC(=O)c1nnc(Cc2cc(OC)c(OC)c(OC)c2)o1. The zero-order valence-corrected chi connectivity index (χ0v) is 16.0. The first kappa shape index (κ1) is 20.5. The van der Waals surface area contributed by atoms with E-state index in [1.807, 2.05) is 6.92 Å². The largest absolute Gasteiger partial charge is 0.493 e. The lowest BCUT2D eigenvalue weighted by Crippen LogP contribution is -2.25. The molecule has 0 spiro atoms. The maximum atomic E-state index is 12.0. The summed E-state index contributed by atoms with van der Waals surface area (Å²) in [6.07, 6.45) is 1.04. The van der Waals surface area contributed by atoms with Gasteiger partial charge in [-0.2, -0.15) is 0 Å². The molecule has 0 bridgehead atoms. The second-order valence-corrected chi connectivity index (χ2v) is 5.52. The molecule has 27 heavy (non-hydrogen) atoms. The van der Waals surface area contributed by atoms with Gasteiger partial charge in [-0.3, -0.25) is 4.79 Å². The van der Waals surface area contributed by atoms with Gasteiger partial charge in [0.05, 0.1) is 27.8 Å². The van der Waals surface area contributed by atoms with Crippen molar-refractivity contribution in [3.8, 4) is 17.2 Å². The van der Waals surface area contributed by atoms with E-state index in [0.29, 0.717) is 55.7 Å². The van der Waals surface area contributed by atoms with Crippen LogP contribution >= 0.6 is 0 Å². The Morgan fingerprint density at radius 1 is 1.11 bits per heavy atom. The molecule has 1 amide bonds. The predicted octanol–water partition coefficient (Wildman–Crippen LogP) is 1.84. The molecule has 0 aliphatic rings. The van der Waals surface area contributed by atoms with Gasteiger partial charge in [-0.1, -0.05) is 0 Å². The number of ether oxygens (including phenoxy) is 4. The Balaban J connectivity index is 2.02. The van der Waals surface area contributed by atoms with Gasteiger partial charge in [0.15, 0.2) is 11.5 Å². The van der Waals surface area contributed by atoms with Gasteiger partial charge in [0.25, 0.3) is 0 Å². The monoisotopic (exact) mass is 379 g/mol. The van der Waals surface area contributed by atoms with Gasteiger partial charge in [0.1, 0.15) is 0 Å². The first-order chi connectivity index (χ1) is 13.1. The number of rotatable bonds is 11. The summed E-state index contributed by atoms with van der Waals surface area (Å²) < 4.78 is 26.6. The van der Waals surface area contributed by atoms with Gasteiger partial charge in [-0.15, -0.1) is 10.2 Å². The van der Waals surface area contributed by atoms with Crippen molar-refractivity contribution in [2.24, 2.45) is 0 Å². The first-order valence-corrected chi connectivity index (χ1v) is 8.60. The number of hydrogen-bond donors (Lipinski definition) is 1. The molecule has 9 nitrogen and oxygen atoms in total. The van der Waals surface area contributed by atoms with Crippen LogP contribution in [0.4, 0.5) is 0 Å². The molecule has 2 rings (SSSR count). The number of nitrogens with one attached hydrogen (secondary N) is 1. The Bertz CT molecular complexity index is 721. The molecule has 0 aliphatic carbocycles.